The van der Waals surface area contributed by atoms with Gasteiger partial charge in [0.1, 0.15) is 15.6 Å². The van der Waals surface area contributed by atoms with Gasteiger partial charge in [-0.2, -0.15) is 0 Å². The summed E-state index contributed by atoms with van der Waals surface area (Å²) in [6.45, 7) is 14.0. The first-order chi connectivity index (χ1) is 19.2. The van der Waals surface area contributed by atoms with Gasteiger partial charge in [0.05, 0.1) is 31.1 Å². The van der Waals surface area contributed by atoms with Crippen LogP contribution in [0.25, 0.3) is 0 Å². The summed E-state index contributed by atoms with van der Waals surface area (Å²) in [7, 11) is 0. The summed E-state index contributed by atoms with van der Waals surface area (Å²) in [6, 6.07) is 7.47. The summed E-state index contributed by atoms with van der Waals surface area (Å²) in [6.07, 6.45) is 9.44. The summed E-state index contributed by atoms with van der Waals surface area (Å²) >= 11 is 0.618. The van der Waals surface area contributed by atoms with Gasteiger partial charge in [-0.15, -0.1) is 4.72 Å². The van der Waals surface area contributed by atoms with Crippen molar-refractivity contribution in [2.75, 3.05) is 49.1 Å². The number of nitrogens with zero attached hydrogens (tertiary/aromatic N) is 4. The average molecular weight is 585 g/mol. The maximum atomic E-state index is 12.9. The highest BCUT2D eigenvalue weighted by molar-refractivity contribution is 7.99. The molecule has 0 radical (unpaired) electrons. The van der Waals surface area contributed by atoms with Crippen LogP contribution in [0.3, 0.4) is 0 Å². The summed E-state index contributed by atoms with van der Waals surface area (Å²) < 4.78 is 22.2. The number of aromatic nitrogens is 2. The number of benzene rings is 1. The number of hydrogen-bond donors (Lipinski definition) is 2. The zero-order valence-corrected chi connectivity index (χ0v) is 26.0. The molecule has 1 aromatic heterocycles. The lowest BCUT2D eigenvalue weighted by molar-refractivity contribution is 0.0973. The van der Waals surface area contributed by atoms with Crippen molar-refractivity contribution >= 4 is 34.6 Å². The van der Waals surface area contributed by atoms with Gasteiger partial charge in [-0.05, 0) is 90.6 Å². The van der Waals surface area contributed by atoms with Gasteiger partial charge in [-0.1, -0.05) is 17.8 Å². The van der Waals surface area contributed by atoms with Crippen LogP contribution in [0.15, 0.2) is 40.5 Å². The fourth-order valence-electron chi connectivity index (χ4n) is 6.79. The second kappa shape index (κ2) is 11.6. The fraction of sp³-hybridized carbons (Fsp3) is 0.667. The predicted octanol–water partition coefficient (Wildman–Crippen LogP) is 4.17. The van der Waals surface area contributed by atoms with Gasteiger partial charge in [-0.25, -0.2) is 9.97 Å². The van der Waals surface area contributed by atoms with Crippen LogP contribution in [0.1, 0.15) is 58.9 Å². The monoisotopic (exact) mass is 584 g/mol. The van der Waals surface area contributed by atoms with Crippen molar-refractivity contribution in [2.24, 2.45) is 5.41 Å². The second-order valence-electron chi connectivity index (χ2n) is 12.8. The molecule has 8 nitrogen and oxygen atoms in total. The number of rotatable bonds is 6. The number of piperidine rings is 2. The highest BCUT2D eigenvalue weighted by atomic mass is 32.2. The summed E-state index contributed by atoms with van der Waals surface area (Å²) in [5, 5.41) is 4.44. The van der Waals surface area contributed by atoms with Gasteiger partial charge in [-0.3, -0.25) is 0 Å². The first-order valence-corrected chi connectivity index (χ1v) is 16.8. The number of ether oxygens (including phenoxy) is 1. The Labute approximate surface area is 246 Å². The van der Waals surface area contributed by atoms with Crippen LogP contribution in [-0.4, -0.2) is 76.8 Å². The van der Waals surface area contributed by atoms with E-state index in [2.05, 4.69) is 45.0 Å². The molecule has 3 fully saturated rings. The van der Waals surface area contributed by atoms with Crippen molar-refractivity contribution in [1.29, 1.82) is 0 Å². The standard InChI is InChI=1S/C30H44N6O2S2/c1-21-28(34-40(37)29(2,3)4)30(20-38-21)11-16-35(17-12-30)26-18-33-27(19-32-26)39-25-7-5-6-24-23(25)10-15-36(24)22-8-13-31-14-9-22/h5-7,18-19,21-22,28,31,34H,8-17,20H2,1-4H3/t21-,28+,40?/m0/s1. The quantitative estimate of drug-likeness (QED) is 0.486. The van der Waals surface area contributed by atoms with Crippen LogP contribution >= 0.6 is 11.8 Å². The summed E-state index contributed by atoms with van der Waals surface area (Å²) in [4.78, 5) is 15.9. The lowest BCUT2D eigenvalue weighted by atomic mass is 9.73. The lowest BCUT2D eigenvalue weighted by Crippen LogP contribution is -2.56. The SMILES string of the molecule is C[C@@H]1OCC2(CCN(c3cnc(Sc4cccc5c4CCN5C4CCNCC4)cn3)CC2)[C@@H]1N[S+]([O-])C(C)(C)C. The minimum atomic E-state index is -1.12. The smallest absolute Gasteiger partial charge is 0.147 e. The maximum absolute atomic E-state index is 12.9. The Kier molecular flexibility index (Phi) is 8.29. The number of hydrogen-bond acceptors (Lipinski definition) is 9. The third kappa shape index (κ3) is 5.72. The van der Waals surface area contributed by atoms with Crippen LogP contribution in [-0.2, 0) is 22.5 Å². The Morgan fingerprint density at radius 1 is 1.12 bits per heavy atom. The largest absolute Gasteiger partial charge is 0.598 e. The van der Waals surface area contributed by atoms with E-state index in [4.69, 9.17) is 14.7 Å². The number of fused-ring (bicyclic) bond motifs is 1. The Bertz CT molecular complexity index is 1160. The molecule has 10 heteroatoms. The minimum Gasteiger partial charge on any atom is -0.598 e. The van der Waals surface area contributed by atoms with Gasteiger partial charge in [0.2, 0.25) is 0 Å². The Morgan fingerprint density at radius 2 is 1.90 bits per heavy atom. The molecule has 0 saturated carbocycles. The zero-order valence-electron chi connectivity index (χ0n) is 24.3. The van der Waals surface area contributed by atoms with Crippen molar-refractivity contribution in [3.05, 3.63) is 36.2 Å². The van der Waals surface area contributed by atoms with Crippen molar-refractivity contribution in [2.45, 2.75) is 92.7 Å². The van der Waals surface area contributed by atoms with Gasteiger partial charge in [0, 0.05) is 53.0 Å². The van der Waals surface area contributed by atoms with E-state index in [1.165, 1.54) is 29.0 Å². The van der Waals surface area contributed by atoms with E-state index in [0.717, 1.165) is 69.4 Å². The lowest BCUT2D eigenvalue weighted by Gasteiger charge is -2.43. The highest BCUT2D eigenvalue weighted by Crippen LogP contribution is 2.44. The second-order valence-corrected chi connectivity index (χ2v) is 15.9. The van der Waals surface area contributed by atoms with Crippen LogP contribution in [0, 0.1) is 5.41 Å². The maximum Gasteiger partial charge on any atom is 0.147 e. The minimum absolute atomic E-state index is 0.00968. The van der Waals surface area contributed by atoms with Crippen molar-refractivity contribution < 1.29 is 9.29 Å². The normalized spacial score (nSPS) is 25.9. The topological polar surface area (TPSA) is 88.6 Å². The molecule has 4 aliphatic heterocycles. The fourth-order valence-corrected chi connectivity index (χ4v) is 8.73. The first-order valence-electron chi connectivity index (χ1n) is 14.9. The van der Waals surface area contributed by atoms with Crippen molar-refractivity contribution in [1.82, 2.24) is 20.0 Å². The molecular formula is C30H44N6O2S2. The van der Waals surface area contributed by atoms with Gasteiger partial charge < -0.3 is 24.4 Å². The van der Waals surface area contributed by atoms with Crippen molar-refractivity contribution in [3.8, 4) is 0 Å². The third-order valence-electron chi connectivity index (χ3n) is 9.24. The van der Waals surface area contributed by atoms with Crippen LogP contribution in [0.5, 0.6) is 0 Å². The average Bonchev–Trinajstić information content (AvgIpc) is 3.52. The predicted molar refractivity (Wildman–Crippen MR) is 164 cm³/mol. The Hall–Kier alpha value is -1.56. The molecule has 5 heterocycles. The van der Waals surface area contributed by atoms with E-state index in [9.17, 15) is 4.55 Å². The molecule has 40 heavy (non-hydrogen) atoms. The van der Waals surface area contributed by atoms with E-state index in [0.29, 0.717) is 6.04 Å². The molecular weight excluding hydrogens is 541 g/mol. The Morgan fingerprint density at radius 3 is 2.60 bits per heavy atom. The molecule has 6 rings (SSSR count). The number of nitrogens with one attached hydrogen (secondary N) is 2. The molecule has 3 atom stereocenters. The van der Waals surface area contributed by atoms with Gasteiger partial charge in [0.15, 0.2) is 0 Å². The van der Waals surface area contributed by atoms with Crippen LogP contribution < -0.4 is 19.8 Å². The van der Waals surface area contributed by atoms with E-state index in [1.807, 2.05) is 33.2 Å². The number of anilines is 2. The highest BCUT2D eigenvalue weighted by Gasteiger charge is 2.52. The summed E-state index contributed by atoms with van der Waals surface area (Å²) in [5.74, 6) is 0.935. The molecule has 4 aliphatic rings. The molecule has 0 amide bonds. The zero-order chi connectivity index (χ0) is 27.9. The molecule has 1 spiro atoms. The Balaban J connectivity index is 1.08. The molecule has 218 valence electrons. The molecule has 2 aromatic rings. The first kappa shape index (κ1) is 28.6. The third-order valence-corrected chi connectivity index (χ3v) is 11.8. The molecule has 1 aromatic carbocycles. The van der Waals surface area contributed by atoms with Crippen LogP contribution in [0.4, 0.5) is 11.5 Å². The molecule has 0 bridgehead atoms. The molecule has 1 unspecified atom stereocenters. The molecule has 3 saturated heterocycles. The molecule has 2 N–H and O–H groups in total. The van der Waals surface area contributed by atoms with Gasteiger partial charge in [0.25, 0.3) is 0 Å². The molecule has 0 aliphatic carbocycles. The van der Waals surface area contributed by atoms with E-state index < -0.39 is 11.4 Å². The van der Waals surface area contributed by atoms with E-state index in [1.54, 1.807) is 11.8 Å². The van der Waals surface area contributed by atoms with Crippen LogP contribution in [0.2, 0.25) is 0 Å². The summed E-state index contributed by atoms with van der Waals surface area (Å²) in [5.41, 5.74) is 2.88. The van der Waals surface area contributed by atoms with Gasteiger partial charge >= 0.3 is 0 Å². The van der Waals surface area contributed by atoms with Crippen molar-refractivity contribution in [3.63, 3.8) is 0 Å². The van der Waals surface area contributed by atoms with E-state index in [-0.39, 0.29) is 22.3 Å². The van der Waals surface area contributed by atoms with E-state index >= 15 is 0 Å².